The highest BCUT2D eigenvalue weighted by Crippen LogP contribution is 2.26. The summed E-state index contributed by atoms with van der Waals surface area (Å²) in [6.07, 6.45) is 3.66. The molecule has 0 amide bonds. The van der Waals surface area contributed by atoms with E-state index in [2.05, 4.69) is 24.1 Å². The molecule has 0 aromatic heterocycles. The first-order valence-electron chi connectivity index (χ1n) is 6.61. The van der Waals surface area contributed by atoms with E-state index in [-0.39, 0.29) is 5.82 Å². The molecule has 1 nitrogen and oxygen atoms in total. The Kier molecular flexibility index (Phi) is 3.04. The summed E-state index contributed by atoms with van der Waals surface area (Å²) in [5.41, 5.74) is 1.25. The molecule has 0 atom stereocenters. The molecule has 0 radical (unpaired) electrons. The molecule has 0 aliphatic heterocycles. The van der Waals surface area contributed by atoms with E-state index in [1.807, 2.05) is 12.1 Å². The van der Waals surface area contributed by atoms with Crippen LogP contribution in [0.15, 0.2) is 36.4 Å². The van der Waals surface area contributed by atoms with E-state index in [1.54, 1.807) is 6.07 Å². The number of likely N-dealkylation sites (N-methyl/N-ethyl adjacent to an activating group) is 1. The van der Waals surface area contributed by atoms with Crippen LogP contribution in [0.2, 0.25) is 0 Å². The van der Waals surface area contributed by atoms with Gasteiger partial charge in [0.2, 0.25) is 0 Å². The van der Waals surface area contributed by atoms with Crippen molar-refractivity contribution in [2.45, 2.75) is 25.3 Å². The van der Waals surface area contributed by atoms with Crippen molar-refractivity contribution in [3.8, 4) is 0 Å². The molecule has 94 valence electrons. The molecular formula is C16H18FN. The van der Waals surface area contributed by atoms with Gasteiger partial charge in [0.25, 0.3) is 0 Å². The lowest BCUT2D eigenvalue weighted by atomic mass is 10.0. The summed E-state index contributed by atoms with van der Waals surface area (Å²) in [6, 6.07) is 12.1. The second kappa shape index (κ2) is 4.69. The predicted molar refractivity (Wildman–Crippen MR) is 73.3 cm³/mol. The van der Waals surface area contributed by atoms with Gasteiger partial charge in [0.05, 0.1) is 0 Å². The third-order valence-corrected chi connectivity index (χ3v) is 3.84. The fourth-order valence-electron chi connectivity index (χ4n) is 2.52. The first-order chi connectivity index (χ1) is 8.74. The number of rotatable bonds is 4. The van der Waals surface area contributed by atoms with E-state index < -0.39 is 0 Å². The van der Waals surface area contributed by atoms with Crippen LogP contribution in [-0.2, 0) is 6.42 Å². The van der Waals surface area contributed by atoms with Crippen LogP contribution in [0.1, 0.15) is 18.4 Å². The van der Waals surface area contributed by atoms with Gasteiger partial charge in [-0.1, -0.05) is 24.3 Å². The molecule has 2 heteroatoms. The standard InChI is InChI=1S/C16H18FN/c1-18(15-7-8-15)10-9-13-4-2-3-12-5-6-14(17)11-16(12)13/h2-6,11,15H,7-10H2,1H3. The normalized spacial score (nSPS) is 15.5. The molecule has 1 saturated carbocycles. The highest BCUT2D eigenvalue weighted by atomic mass is 19.1. The molecule has 0 unspecified atom stereocenters. The van der Waals surface area contributed by atoms with E-state index in [1.165, 1.54) is 24.5 Å². The molecule has 0 bridgehead atoms. The summed E-state index contributed by atoms with van der Waals surface area (Å²) < 4.78 is 13.3. The van der Waals surface area contributed by atoms with Gasteiger partial charge in [-0.05, 0) is 54.8 Å². The number of fused-ring (bicyclic) bond motifs is 1. The summed E-state index contributed by atoms with van der Waals surface area (Å²) in [4.78, 5) is 2.41. The second-order valence-electron chi connectivity index (χ2n) is 5.24. The molecule has 0 N–H and O–H groups in total. The number of halogens is 1. The van der Waals surface area contributed by atoms with Crippen molar-refractivity contribution in [2.75, 3.05) is 13.6 Å². The molecule has 0 saturated heterocycles. The average Bonchev–Trinajstić information content (AvgIpc) is 3.20. The van der Waals surface area contributed by atoms with Gasteiger partial charge < -0.3 is 4.90 Å². The SMILES string of the molecule is CN(CCc1cccc2ccc(F)cc12)C1CC1. The molecular weight excluding hydrogens is 225 g/mol. The van der Waals surface area contributed by atoms with Crippen molar-refractivity contribution in [3.63, 3.8) is 0 Å². The van der Waals surface area contributed by atoms with Gasteiger partial charge in [0.1, 0.15) is 5.82 Å². The number of hydrogen-bond donors (Lipinski definition) is 0. The summed E-state index contributed by atoms with van der Waals surface area (Å²) >= 11 is 0. The van der Waals surface area contributed by atoms with Crippen LogP contribution in [-0.4, -0.2) is 24.5 Å². The molecule has 1 aliphatic carbocycles. The predicted octanol–water partition coefficient (Wildman–Crippen LogP) is 3.62. The highest BCUT2D eigenvalue weighted by Gasteiger charge is 2.25. The van der Waals surface area contributed by atoms with E-state index >= 15 is 0 Å². The van der Waals surface area contributed by atoms with Gasteiger partial charge in [0.15, 0.2) is 0 Å². The molecule has 0 spiro atoms. The van der Waals surface area contributed by atoms with Crippen molar-refractivity contribution in [3.05, 3.63) is 47.8 Å². The van der Waals surface area contributed by atoms with E-state index in [0.717, 1.165) is 29.8 Å². The lowest BCUT2D eigenvalue weighted by Crippen LogP contribution is -2.23. The first-order valence-corrected chi connectivity index (χ1v) is 6.61. The number of nitrogens with zero attached hydrogens (tertiary/aromatic N) is 1. The topological polar surface area (TPSA) is 3.24 Å². The highest BCUT2D eigenvalue weighted by molar-refractivity contribution is 5.85. The van der Waals surface area contributed by atoms with E-state index in [9.17, 15) is 4.39 Å². The van der Waals surface area contributed by atoms with Gasteiger partial charge in [-0.25, -0.2) is 4.39 Å². The fraction of sp³-hybridized carbons (Fsp3) is 0.375. The maximum atomic E-state index is 13.3. The molecule has 18 heavy (non-hydrogen) atoms. The average molecular weight is 243 g/mol. The zero-order chi connectivity index (χ0) is 12.5. The molecule has 1 aliphatic rings. The Balaban J connectivity index is 1.83. The second-order valence-corrected chi connectivity index (χ2v) is 5.24. The molecule has 2 aromatic carbocycles. The maximum absolute atomic E-state index is 13.3. The van der Waals surface area contributed by atoms with Gasteiger partial charge in [-0.15, -0.1) is 0 Å². The van der Waals surface area contributed by atoms with Gasteiger partial charge in [-0.3, -0.25) is 0 Å². The van der Waals surface area contributed by atoms with Crippen LogP contribution in [0.4, 0.5) is 4.39 Å². The van der Waals surface area contributed by atoms with Crippen LogP contribution in [0.5, 0.6) is 0 Å². The molecule has 1 fully saturated rings. The monoisotopic (exact) mass is 243 g/mol. The van der Waals surface area contributed by atoms with Crippen molar-refractivity contribution < 1.29 is 4.39 Å². The maximum Gasteiger partial charge on any atom is 0.123 e. The Labute approximate surface area is 107 Å². The Morgan fingerprint density at radius 1 is 1.22 bits per heavy atom. The quantitative estimate of drug-likeness (QED) is 0.792. The minimum atomic E-state index is -0.148. The Morgan fingerprint density at radius 3 is 2.83 bits per heavy atom. The minimum absolute atomic E-state index is 0.148. The van der Waals surface area contributed by atoms with Crippen LogP contribution >= 0.6 is 0 Å². The Morgan fingerprint density at radius 2 is 2.06 bits per heavy atom. The summed E-state index contributed by atoms with van der Waals surface area (Å²) in [7, 11) is 2.18. The van der Waals surface area contributed by atoms with E-state index in [4.69, 9.17) is 0 Å². The van der Waals surface area contributed by atoms with Gasteiger partial charge >= 0.3 is 0 Å². The first kappa shape index (κ1) is 11.7. The number of benzene rings is 2. The Hall–Kier alpha value is -1.41. The summed E-state index contributed by atoms with van der Waals surface area (Å²) in [5.74, 6) is -0.148. The van der Waals surface area contributed by atoms with Crippen LogP contribution in [0.25, 0.3) is 10.8 Å². The van der Waals surface area contributed by atoms with Crippen molar-refractivity contribution in [2.24, 2.45) is 0 Å². The van der Waals surface area contributed by atoms with Crippen LogP contribution in [0.3, 0.4) is 0 Å². The number of hydrogen-bond acceptors (Lipinski definition) is 1. The van der Waals surface area contributed by atoms with Crippen LogP contribution in [0, 0.1) is 5.82 Å². The smallest absolute Gasteiger partial charge is 0.123 e. The Bertz CT molecular complexity index is 560. The van der Waals surface area contributed by atoms with E-state index in [0.29, 0.717) is 0 Å². The summed E-state index contributed by atoms with van der Waals surface area (Å²) in [5, 5.41) is 2.18. The van der Waals surface area contributed by atoms with Gasteiger partial charge in [-0.2, -0.15) is 0 Å². The van der Waals surface area contributed by atoms with Crippen molar-refractivity contribution in [1.29, 1.82) is 0 Å². The third-order valence-electron chi connectivity index (χ3n) is 3.84. The molecule has 2 aromatic rings. The zero-order valence-electron chi connectivity index (χ0n) is 10.7. The minimum Gasteiger partial charge on any atom is -0.303 e. The lowest BCUT2D eigenvalue weighted by Gasteiger charge is -2.16. The molecule has 0 heterocycles. The largest absolute Gasteiger partial charge is 0.303 e. The third kappa shape index (κ3) is 2.39. The molecule has 3 rings (SSSR count). The van der Waals surface area contributed by atoms with Crippen LogP contribution < -0.4 is 0 Å². The lowest BCUT2D eigenvalue weighted by molar-refractivity contribution is 0.329. The van der Waals surface area contributed by atoms with Crippen molar-refractivity contribution >= 4 is 10.8 Å². The summed E-state index contributed by atoms with van der Waals surface area (Å²) in [6.45, 7) is 1.06. The van der Waals surface area contributed by atoms with Gasteiger partial charge in [0, 0.05) is 12.6 Å². The zero-order valence-corrected chi connectivity index (χ0v) is 10.7. The fourth-order valence-corrected chi connectivity index (χ4v) is 2.52. The van der Waals surface area contributed by atoms with Crippen molar-refractivity contribution in [1.82, 2.24) is 4.90 Å².